The Morgan fingerprint density at radius 1 is 1.11 bits per heavy atom. The van der Waals surface area contributed by atoms with Crippen LogP contribution >= 0.6 is 0 Å². The highest BCUT2D eigenvalue weighted by Gasteiger charge is 2.65. The molecular weight excluding hydrogens is 372 g/mol. The summed E-state index contributed by atoms with van der Waals surface area (Å²) < 4.78 is 60.5. The lowest BCUT2D eigenvalue weighted by Gasteiger charge is -2.31. The van der Waals surface area contributed by atoms with Gasteiger partial charge in [0.2, 0.25) is 0 Å². The summed E-state index contributed by atoms with van der Waals surface area (Å²) in [5, 5.41) is 7.09. The number of Topliss-reactive ketones (excluding diaryl/α,β-unsaturated/α-hetero) is 2. The average molecular weight is 386 g/mol. The second-order valence-electron chi connectivity index (χ2n) is 5.39. The van der Waals surface area contributed by atoms with Crippen molar-refractivity contribution in [1.82, 2.24) is 0 Å². The predicted molar refractivity (Wildman–Crippen MR) is 85.0 cm³/mol. The van der Waals surface area contributed by atoms with E-state index in [9.17, 15) is 27.2 Å². The van der Waals surface area contributed by atoms with Gasteiger partial charge in [-0.05, 0) is 25.1 Å². The van der Waals surface area contributed by atoms with Crippen LogP contribution in [0.15, 0.2) is 53.0 Å². The van der Waals surface area contributed by atoms with Crippen LogP contribution in [0.25, 0.3) is 0 Å². The molecule has 0 amide bonds. The number of halogens is 4. The standard InChI is InChI=1S/C17H14F4N2O4/c1-3-8-22-23-10(2)12(24)5-6-13(25)11-4-7-14-15(9-11)27-17(20,21)16(18,19)26-14/h3-4,7-9H,2,5-6H2,1H3/b8-3-,23-22-. The van der Waals surface area contributed by atoms with Gasteiger partial charge in [0.15, 0.2) is 23.1 Å². The molecule has 0 aliphatic carbocycles. The van der Waals surface area contributed by atoms with Crippen molar-refractivity contribution in [2.24, 2.45) is 10.2 Å². The second-order valence-corrected chi connectivity index (χ2v) is 5.39. The van der Waals surface area contributed by atoms with Gasteiger partial charge in [-0.1, -0.05) is 12.7 Å². The molecule has 0 radical (unpaired) electrons. The molecule has 0 bridgehead atoms. The Hall–Kier alpha value is -3.04. The first kappa shape index (κ1) is 20.3. The zero-order valence-electron chi connectivity index (χ0n) is 14.0. The molecule has 1 aromatic carbocycles. The van der Waals surface area contributed by atoms with E-state index >= 15 is 0 Å². The number of ether oxygens (including phenoxy) is 2. The summed E-state index contributed by atoms with van der Waals surface area (Å²) in [5.74, 6) is -2.45. The zero-order chi connectivity index (χ0) is 20.2. The monoisotopic (exact) mass is 386 g/mol. The number of hydrogen-bond acceptors (Lipinski definition) is 6. The number of rotatable bonds is 7. The predicted octanol–water partition coefficient (Wildman–Crippen LogP) is 4.67. The van der Waals surface area contributed by atoms with Crippen molar-refractivity contribution in [3.63, 3.8) is 0 Å². The van der Waals surface area contributed by atoms with Crippen LogP contribution in [-0.4, -0.2) is 23.8 Å². The number of hydrogen-bond donors (Lipinski definition) is 0. The maximum absolute atomic E-state index is 13.2. The smallest absolute Gasteiger partial charge is 0.421 e. The number of azo groups is 1. The molecule has 1 aliphatic rings. The first-order valence-electron chi connectivity index (χ1n) is 7.62. The molecule has 0 saturated heterocycles. The number of carbonyl (C=O) groups is 2. The number of alkyl halides is 4. The average Bonchev–Trinajstić information content (AvgIpc) is 2.59. The summed E-state index contributed by atoms with van der Waals surface area (Å²) in [6.45, 7) is 5.12. The number of nitrogens with zero attached hydrogens (tertiary/aromatic N) is 2. The third-order valence-electron chi connectivity index (χ3n) is 3.38. The van der Waals surface area contributed by atoms with Crippen molar-refractivity contribution in [1.29, 1.82) is 0 Å². The van der Waals surface area contributed by atoms with Crippen molar-refractivity contribution in [2.45, 2.75) is 32.0 Å². The molecule has 27 heavy (non-hydrogen) atoms. The van der Waals surface area contributed by atoms with Crippen LogP contribution in [0.4, 0.5) is 17.6 Å². The molecule has 0 fully saturated rings. The molecule has 0 spiro atoms. The SMILES string of the molecule is C=C(/N=N\C=C/C)C(=O)CCC(=O)c1ccc2c(c1)OC(F)(F)C(F)(F)O2. The van der Waals surface area contributed by atoms with Crippen LogP contribution in [0.1, 0.15) is 30.1 Å². The zero-order valence-corrected chi connectivity index (χ0v) is 14.0. The number of fused-ring (bicyclic) bond motifs is 1. The number of allylic oxidation sites excluding steroid dienone is 2. The van der Waals surface area contributed by atoms with Crippen LogP contribution in [-0.2, 0) is 4.79 Å². The molecule has 144 valence electrons. The number of carbonyl (C=O) groups excluding carboxylic acids is 2. The van der Waals surface area contributed by atoms with Gasteiger partial charge >= 0.3 is 12.2 Å². The Morgan fingerprint density at radius 3 is 2.37 bits per heavy atom. The van der Waals surface area contributed by atoms with Gasteiger partial charge in [0.1, 0.15) is 5.70 Å². The Bertz CT molecular complexity index is 834. The minimum absolute atomic E-state index is 0.104. The highest BCUT2D eigenvalue weighted by atomic mass is 19.3. The summed E-state index contributed by atoms with van der Waals surface area (Å²) in [5.41, 5.74) is -0.253. The Morgan fingerprint density at radius 2 is 1.74 bits per heavy atom. The topological polar surface area (TPSA) is 77.3 Å². The molecule has 1 aromatic rings. The van der Waals surface area contributed by atoms with Crippen LogP contribution in [0.2, 0.25) is 0 Å². The van der Waals surface area contributed by atoms with Crippen LogP contribution in [0.5, 0.6) is 11.5 Å². The van der Waals surface area contributed by atoms with Crippen LogP contribution in [0.3, 0.4) is 0 Å². The molecule has 0 saturated carbocycles. The first-order valence-corrected chi connectivity index (χ1v) is 7.62. The van der Waals surface area contributed by atoms with E-state index in [-0.39, 0.29) is 24.1 Å². The Labute approximate surface area is 151 Å². The van der Waals surface area contributed by atoms with Gasteiger partial charge in [0.05, 0.1) is 0 Å². The lowest BCUT2D eigenvalue weighted by atomic mass is 10.0. The summed E-state index contributed by atoms with van der Waals surface area (Å²) >= 11 is 0. The summed E-state index contributed by atoms with van der Waals surface area (Å²) in [6.07, 6.45) is -7.30. The Balaban J connectivity index is 2.04. The molecule has 1 aliphatic heterocycles. The molecule has 10 heteroatoms. The van der Waals surface area contributed by atoms with Gasteiger partial charge in [-0.2, -0.15) is 22.7 Å². The molecule has 1 heterocycles. The fourth-order valence-corrected chi connectivity index (χ4v) is 1.98. The van der Waals surface area contributed by atoms with Gasteiger partial charge in [-0.15, -0.1) is 5.11 Å². The van der Waals surface area contributed by atoms with Crippen molar-refractivity contribution in [3.05, 3.63) is 48.3 Å². The van der Waals surface area contributed by atoms with Crippen molar-refractivity contribution in [3.8, 4) is 11.5 Å². The molecule has 0 aromatic heterocycles. The van der Waals surface area contributed by atoms with E-state index < -0.39 is 35.3 Å². The van der Waals surface area contributed by atoms with E-state index in [0.717, 1.165) is 18.2 Å². The first-order chi connectivity index (χ1) is 12.6. The van der Waals surface area contributed by atoms with E-state index in [2.05, 4.69) is 26.3 Å². The molecule has 2 rings (SSSR count). The summed E-state index contributed by atoms with van der Waals surface area (Å²) in [7, 11) is 0. The van der Waals surface area contributed by atoms with Crippen molar-refractivity contribution >= 4 is 11.6 Å². The fraction of sp³-hybridized carbons (Fsp3) is 0.294. The lowest BCUT2D eigenvalue weighted by molar-refractivity contribution is -0.391. The quantitative estimate of drug-likeness (QED) is 0.295. The Kier molecular flexibility index (Phi) is 5.77. The molecule has 6 nitrogen and oxygen atoms in total. The third-order valence-corrected chi connectivity index (χ3v) is 3.38. The molecule has 0 N–H and O–H groups in total. The van der Waals surface area contributed by atoms with E-state index in [1.807, 2.05) is 0 Å². The fourth-order valence-electron chi connectivity index (χ4n) is 1.98. The second kappa shape index (κ2) is 7.68. The van der Waals surface area contributed by atoms with Crippen LogP contribution in [0, 0.1) is 0 Å². The molecule has 0 unspecified atom stereocenters. The van der Waals surface area contributed by atoms with Crippen molar-refractivity contribution in [2.75, 3.05) is 0 Å². The minimum atomic E-state index is -4.88. The van der Waals surface area contributed by atoms with E-state index in [0.29, 0.717) is 0 Å². The van der Waals surface area contributed by atoms with E-state index in [1.165, 1.54) is 6.20 Å². The normalized spacial score (nSPS) is 17.2. The number of ketones is 2. The van der Waals surface area contributed by atoms with Gasteiger partial charge in [0.25, 0.3) is 0 Å². The maximum Gasteiger partial charge on any atom is 0.507 e. The highest BCUT2D eigenvalue weighted by molar-refractivity contribution is 6.01. The van der Waals surface area contributed by atoms with Gasteiger partial charge < -0.3 is 9.47 Å². The third kappa shape index (κ3) is 4.57. The number of benzene rings is 1. The lowest BCUT2D eigenvalue weighted by Crippen LogP contribution is -2.52. The molecular formula is C17H14F4N2O4. The van der Waals surface area contributed by atoms with Crippen LogP contribution < -0.4 is 9.47 Å². The van der Waals surface area contributed by atoms with E-state index in [1.54, 1.807) is 13.0 Å². The molecule has 0 atom stereocenters. The summed E-state index contributed by atoms with van der Waals surface area (Å²) in [6, 6.07) is 2.87. The minimum Gasteiger partial charge on any atom is -0.421 e. The van der Waals surface area contributed by atoms with E-state index in [4.69, 9.17) is 0 Å². The van der Waals surface area contributed by atoms with Crippen molar-refractivity contribution < 1.29 is 36.6 Å². The largest absolute Gasteiger partial charge is 0.507 e. The van der Waals surface area contributed by atoms with Gasteiger partial charge in [-0.25, -0.2) is 0 Å². The summed E-state index contributed by atoms with van der Waals surface area (Å²) in [4.78, 5) is 23.9. The van der Waals surface area contributed by atoms with Gasteiger partial charge in [0, 0.05) is 24.6 Å². The van der Waals surface area contributed by atoms with Gasteiger partial charge in [-0.3, -0.25) is 9.59 Å². The highest BCUT2D eigenvalue weighted by Crippen LogP contribution is 2.47. The maximum atomic E-state index is 13.2.